The maximum atomic E-state index is 12.8. The monoisotopic (exact) mass is 401 g/mol. The zero-order valence-electron chi connectivity index (χ0n) is 14.0. The van der Waals surface area contributed by atoms with Crippen LogP contribution >= 0.6 is 11.3 Å². The number of rotatable bonds is 4. The van der Waals surface area contributed by atoms with Crippen LogP contribution in [-0.4, -0.2) is 25.2 Å². The SMILES string of the molecule is O=C1[C@@H]2[C@@H](C(=O)N1c1ccc(S(=O)(=O)Nc3nccs3)cc1)[C@H]1C=C[C@H]2C1. The van der Waals surface area contributed by atoms with Crippen LogP contribution in [0.5, 0.6) is 0 Å². The smallest absolute Gasteiger partial charge is 0.263 e. The summed E-state index contributed by atoms with van der Waals surface area (Å²) in [5, 5.41) is 1.95. The van der Waals surface area contributed by atoms with Crippen LogP contribution in [0.25, 0.3) is 0 Å². The predicted molar refractivity (Wildman–Crippen MR) is 99.6 cm³/mol. The number of amides is 2. The molecular weight excluding hydrogens is 386 g/mol. The van der Waals surface area contributed by atoms with Crippen molar-refractivity contribution < 1.29 is 18.0 Å². The van der Waals surface area contributed by atoms with E-state index in [1.165, 1.54) is 46.7 Å². The number of imide groups is 1. The Morgan fingerprint density at radius 3 is 2.22 bits per heavy atom. The molecule has 0 radical (unpaired) electrons. The minimum Gasteiger partial charge on any atom is -0.274 e. The van der Waals surface area contributed by atoms with Crippen molar-refractivity contribution in [3.05, 3.63) is 48.0 Å². The van der Waals surface area contributed by atoms with E-state index in [1.807, 2.05) is 12.2 Å². The first-order valence-electron chi connectivity index (χ1n) is 8.54. The molecule has 9 heteroatoms. The third-order valence-electron chi connectivity index (χ3n) is 5.53. The van der Waals surface area contributed by atoms with E-state index in [-0.39, 0.29) is 45.5 Å². The van der Waals surface area contributed by atoms with Gasteiger partial charge in [-0.25, -0.2) is 13.4 Å². The fourth-order valence-electron chi connectivity index (χ4n) is 4.38. The number of aromatic nitrogens is 1. The molecular formula is C18H15N3O4S2. The van der Waals surface area contributed by atoms with Crippen molar-refractivity contribution in [2.75, 3.05) is 9.62 Å². The van der Waals surface area contributed by atoms with Crippen LogP contribution in [0, 0.1) is 23.7 Å². The summed E-state index contributed by atoms with van der Waals surface area (Å²) in [5.74, 6) is -0.631. The number of nitrogens with zero attached hydrogens (tertiary/aromatic N) is 2. The molecule has 2 fully saturated rings. The molecule has 2 aromatic rings. The fourth-order valence-corrected chi connectivity index (χ4v) is 6.17. The van der Waals surface area contributed by atoms with Crippen LogP contribution in [-0.2, 0) is 19.6 Å². The van der Waals surface area contributed by atoms with Crippen molar-refractivity contribution in [3.63, 3.8) is 0 Å². The van der Waals surface area contributed by atoms with Gasteiger partial charge in [-0.1, -0.05) is 12.2 Å². The number of anilines is 2. The predicted octanol–water partition coefficient (Wildman–Crippen LogP) is 2.26. The first-order valence-corrected chi connectivity index (χ1v) is 10.9. The number of hydrogen-bond donors (Lipinski definition) is 1. The summed E-state index contributed by atoms with van der Waals surface area (Å²) in [6, 6.07) is 5.80. The molecule has 1 saturated carbocycles. The zero-order chi connectivity index (χ0) is 18.8. The van der Waals surface area contributed by atoms with Gasteiger partial charge >= 0.3 is 0 Å². The molecule has 2 aliphatic carbocycles. The van der Waals surface area contributed by atoms with Crippen molar-refractivity contribution in [2.24, 2.45) is 23.7 Å². The van der Waals surface area contributed by atoms with Crippen LogP contribution in [0.3, 0.4) is 0 Å². The molecule has 0 unspecified atom stereocenters. The number of carbonyl (C=O) groups excluding carboxylic acids is 2. The third-order valence-corrected chi connectivity index (χ3v) is 7.70. The van der Waals surface area contributed by atoms with Crippen molar-refractivity contribution >= 4 is 44.0 Å². The van der Waals surface area contributed by atoms with Gasteiger partial charge in [0.25, 0.3) is 10.0 Å². The van der Waals surface area contributed by atoms with Gasteiger partial charge in [0, 0.05) is 11.6 Å². The average Bonchev–Trinajstić information content (AvgIpc) is 3.41. The highest BCUT2D eigenvalue weighted by Gasteiger charge is 2.59. The van der Waals surface area contributed by atoms with Gasteiger partial charge < -0.3 is 0 Å². The number of sulfonamides is 1. The molecule has 1 aromatic carbocycles. The van der Waals surface area contributed by atoms with E-state index < -0.39 is 10.0 Å². The highest BCUT2D eigenvalue weighted by Crippen LogP contribution is 2.53. The molecule has 138 valence electrons. The van der Waals surface area contributed by atoms with E-state index in [0.29, 0.717) is 5.69 Å². The summed E-state index contributed by atoms with van der Waals surface area (Å²) in [4.78, 5) is 30.8. The Labute approximate surface area is 159 Å². The second kappa shape index (κ2) is 5.74. The number of benzene rings is 1. The molecule has 1 N–H and O–H groups in total. The summed E-state index contributed by atoms with van der Waals surface area (Å²) in [7, 11) is -3.77. The van der Waals surface area contributed by atoms with Gasteiger partial charge in [0.15, 0.2) is 5.13 Å². The van der Waals surface area contributed by atoms with E-state index in [1.54, 1.807) is 5.38 Å². The minimum absolute atomic E-state index is 0.0440. The summed E-state index contributed by atoms with van der Waals surface area (Å²) in [5.41, 5.74) is 0.409. The van der Waals surface area contributed by atoms with Crippen molar-refractivity contribution in [1.29, 1.82) is 0 Å². The molecule has 1 aromatic heterocycles. The number of thiazole rings is 1. The second-order valence-electron chi connectivity index (χ2n) is 6.95. The van der Waals surface area contributed by atoms with Crippen LogP contribution in [0.2, 0.25) is 0 Å². The largest absolute Gasteiger partial charge is 0.274 e. The molecule has 3 aliphatic rings. The van der Waals surface area contributed by atoms with Gasteiger partial charge in [-0.05, 0) is 42.5 Å². The topological polar surface area (TPSA) is 96.4 Å². The first-order chi connectivity index (χ1) is 13.0. The molecule has 1 saturated heterocycles. The number of carbonyl (C=O) groups is 2. The zero-order valence-corrected chi connectivity index (χ0v) is 15.6. The molecule has 2 bridgehead atoms. The number of fused-ring (bicyclic) bond motifs is 5. The molecule has 27 heavy (non-hydrogen) atoms. The Morgan fingerprint density at radius 2 is 1.67 bits per heavy atom. The van der Waals surface area contributed by atoms with Gasteiger partial charge in [-0.3, -0.25) is 19.2 Å². The van der Waals surface area contributed by atoms with Crippen molar-refractivity contribution in [2.45, 2.75) is 11.3 Å². The lowest BCUT2D eigenvalue weighted by Gasteiger charge is -2.17. The van der Waals surface area contributed by atoms with E-state index in [0.717, 1.165) is 6.42 Å². The Kier molecular flexibility index (Phi) is 3.54. The van der Waals surface area contributed by atoms with Crippen LogP contribution in [0.15, 0.2) is 52.9 Å². The average molecular weight is 401 g/mol. The summed E-state index contributed by atoms with van der Waals surface area (Å²) in [6.07, 6.45) is 6.47. The Balaban J connectivity index is 1.41. The normalized spacial score (nSPS) is 28.8. The maximum Gasteiger partial charge on any atom is 0.263 e. The highest BCUT2D eigenvalue weighted by atomic mass is 32.2. The van der Waals surface area contributed by atoms with Crippen LogP contribution < -0.4 is 9.62 Å². The van der Waals surface area contributed by atoms with E-state index >= 15 is 0 Å². The minimum atomic E-state index is -3.77. The standard InChI is InChI=1S/C18H15N3O4S2/c22-16-14-10-1-2-11(9-10)15(14)17(23)21(16)12-3-5-13(6-4-12)27(24,25)20-18-19-7-8-26-18/h1-8,10-11,14-15H,9H2,(H,19,20)/t10-,11-,14-,15-/m0/s1. The van der Waals surface area contributed by atoms with E-state index in [2.05, 4.69) is 9.71 Å². The van der Waals surface area contributed by atoms with E-state index in [4.69, 9.17) is 0 Å². The molecule has 7 nitrogen and oxygen atoms in total. The van der Waals surface area contributed by atoms with E-state index in [9.17, 15) is 18.0 Å². The number of hydrogen-bond acceptors (Lipinski definition) is 6. The fraction of sp³-hybridized carbons (Fsp3) is 0.278. The first kappa shape index (κ1) is 16.6. The molecule has 2 heterocycles. The molecule has 4 atom stereocenters. The van der Waals surface area contributed by atoms with Gasteiger partial charge in [0.2, 0.25) is 11.8 Å². The van der Waals surface area contributed by atoms with Gasteiger partial charge in [0.05, 0.1) is 22.4 Å². The number of nitrogens with one attached hydrogen (secondary N) is 1. The Hall–Kier alpha value is -2.52. The lowest BCUT2D eigenvalue weighted by molar-refractivity contribution is -0.123. The van der Waals surface area contributed by atoms with Crippen molar-refractivity contribution in [3.8, 4) is 0 Å². The van der Waals surface area contributed by atoms with Crippen LogP contribution in [0.1, 0.15) is 6.42 Å². The molecule has 0 spiro atoms. The quantitative estimate of drug-likeness (QED) is 0.626. The second-order valence-corrected chi connectivity index (χ2v) is 9.53. The third kappa shape index (κ3) is 2.45. The molecule has 1 aliphatic heterocycles. The molecule has 2 amide bonds. The maximum absolute atomic E-state index is 12.8. The summed E-state index contributed by atoms with van der Waals surface area (Å²) in [6.45, 7) is 0. The van der Waals surface area contributed by atoms with Gasteiger partial charge in [0.1, 0.15) is 0 Å². The Morgan fingerprint density at radius 1 is 1.04 bits per heavy atom. The Bertz CT molecular complexity index is 1030. The van der Waals surface area contributed by atoms with Gasteiger partial charge in [-0.2, -0.15) is 0 Å². The summed E-state index contributed by atoms with van der Waals surface area (Å²) < 4.78 is 27.2. The molecule has 5 rings (SSSR count). The van der Waals surface area contributed by atoms with Crippen LogP contribution in [0.4, 0.5) is 10.8 Å². The number of allylic oxidation sites excluding steroid dienone is 2. The highest BCUT2D eigenvalue weighted by molar-refractivity contribution is 7.93. The van der Waals surface area contributed by atoms with Crippen molar-refractivity contribution in [1.82, 2.24) is 4.98 Å². The lowest BCUT2D eigenvalue weighted by atomic mass is 9.85. The van der Waals surface area contributed by atoms with Gasteiger partial charge in [-0.15, -0.1) is 11.3 Å². The summed E-state index contributed by atoms with van der Waals surface area (Å²) >= 11 is 1.18. The lowest BCUT2D eigenvalue weighted by Crippen LogP contribution is -2.32.